The molecule has 1 aromatic heterocycles. The summed E-state index contributed by atoms with van der Waals surface area (Å²) >= 11 is 1.56. The monoisotopic (exact) mass is 440 g/mol. The molecule has 0 saturated carbocycles. The molecule has 0 fully saturated rings. The molecular formula is C23H24N2O3S2. The fourth-order valence-electron chi connectivity index (χ4n) is 4.82. The number of hydrogen-bond donors (Lipinski definition) is 0. The van der Waals surface area contributed by atoms with Crippen LogP contribution in [0, 0.1) is 0 Å². The van der Waals surface area contributed by atoms with Gasteiger partial charge in [-0.05, 0) is 49.7 Å². The van der Waals surface area contributed by atoms with E-state index in [1.807, 2.05) is 42.5 Å². The first kappa shape index (κ1) is 19.7. The molecule has 0 N–H and O–H groups in total. The standard InChI is InChI=1S/C23H24N2O3S2/c1-15-12-18-17-10-7-11-20-22(17)19(13-21(18)24(2)14-15)23(25(20)28-30(3,26)27)29-16-8-5-4-6-9-16/h4-12,18,21H,13-14H2,1-3H3/t18-,21-/m1/s1. The third-order valence-corrected chi connectivity index (χ3v) is 7.45. The van der Waals surface area contributed by atoms with E-state index >= 15 is 0 Å². The highest BCUT2D eigenvalue weighted by atomic mass is 32.2. The molecule has 2 aromatic carbocycles. The quantitative estimate of drug-likeness (QED) is 0.572. The van der Waals surface area contributed by atoms with Crippen LogP contribution in [0.1, 0.15) is 24.0 Å². The van der Waals surface area contributed by atoms with E-state index in [0.717, 1.165) is 40.0 Å². The van der Waals surface area contributed by atoms with E-state index in [2.05, 4.69) is 31.0 Å². The van der Waals surface area contributed by atoms with Gasteiger partial charge >= 0.3 is 10.1 Å². The van der Waals surface area contributed by atoms with Crippen LogP contribution in [-0.4, -0.2) is 43.9 Å². The summed E-state index contributed by atoms with van der Waals surface area (Å²) in [6.45, 7) is 3.13. The molecule has 0 spiro atoms. The lowest BCUT2D eigenvalue weighted by Crippen LogP contribution is -2.43. The van der Waals surface area contributed by atoms with Gasteiger partial charge in [-0.25, -0.2) is 0 Å². The second kappa shape index (κ2) is 7.18. The first-order chi connectivity index (χ1) is 14.3. The predicted molar refractivity (Wildman–Crippen MR) is 121 cm³/mol. The fraction of sp³-hybridized carbons (Fsp3) is 0.304. The van der Waals surface area contributed by atoms with Gasteiger partial charge in [-0.1, -0.05) is 53.7 Å². The molecule has 0 bridgehead atoms. The van der Waals surface area contributed by atoms with Gasteiger partial charge in [0.15, 0.2) is 0 Å². The average molecular weight is 441 g/mol. The number of aromatic nitrogens is 1. The van der Waals surface area contributed by atoms with Crippen molar-refractivity contribution in [1.82, 2.24) is 9.63 Å². The number of likely N-dealkylation sites (N-methyl/N-ethyl adjacent to an activating group) is 1. The zero-order valence-corrected chi connectivity index (χ0v) is 18.8. The Hall–Kier alpha value is -2.22. The van der Waals surface area contributed by atoms with Crippen LogP contribution in [0.3, 0.4) is 0 Å². The summed E-state index contributed by atoms with van der Waals surface area (Å²) in [6.07, 6.45) is 4.33. The zero-order valence-electron chi connectivity index (χ0n) is 17.2. The second-order valence-corrected chi connectivity index (χ2v) is 10.9. The molecule has 5 nitrogen and oxygen atoms in total. The fourth-order valence-corrected chi connectivity index (χ4v) is 6.33. The molecule has 0 amide bonds. The van der Waals surface area contributed by atoms with Crippen molar-refractivity contribution in [3.8, 4) is 0 Å². The van der Waals surface area contributed by atoms with Crippen molar-refractivity contribution in [1.29, 1.82) is 0 Å². The molecule has 30 heavy (non-hydrogen) atoms. The van der Waals surface area contributed by atoms with Gasteiger partial charge in [0, 0.05) is 28.8 Å². The van der Waals surface area contributed by atoms with Crippen LogP contribution < -0.4 is 4.28 Å². The molecule has 5 rings (SSSR count). The van der Waals surface area contributed by atoms with Gasteiger partial charge in [-0.2, -0.15) is 13.1 Å². The van der Waals surface area contributed by atoms with Crippen LogP contribution >= 0.6 is 11.8 Å². The van der Waals surface area contributed by atoms with Gasteiger partial charge < -0.3 is 0 Å². The van der Waals surface area contributed by atoms with Crippen molar-refractivity contribution in [2.45, 2.75) is 35.2 Å². The highest BCUT2D eigenvalue weighted by molar-refractivity contribution is 7.99. The molecular weight excluding hydrogens is 416 g/mol. The largest absolute Gasteiger partial charge is 0.324 e. The lowest BCUT2D eigenvalue weighted by atomic mass is 9.77. The Kier molecular flexibility index (Phi) is 4.72. The maximum Gasteiger partial charge on any atom is 0.324 e. The Balaban J connectivity index is 1.77. The maximum atomic E-state index is 12.1. The third kappa shape index (κ3) is 3.35. The normalized spacial score (nSPS) is 21.4. The second-order valence-electron chi connectivity index (χ2n) is 8.24. The van der Waals surface area contributed by atoms with E-state index in [1.165, 1.54) is 21.4 Å². The van der Waals surface area contributed by atoms with E-state index < -0.39 is 10.1 Å². The summed E-state index contributed by atoms with van der Waals surface area (Å²) in [5, 5.41) is 1.97. The van der Waals surface area contributed by atoms with E-state index in [9.17, 15) is 8.42 Å². The lowest BCUT2D eigenvalue weighted by Gasteiger charge is -2.40. The van der Waals surface area contributed by atoms with Crippen molar-refractivity contribution in [3.63, 3.8) is 0 Å². The number of rotatable bonds is 4. The summed E-state index contributed by atoms with van der Waals surface area (Å²) in [5.74, 6) is 0.295. The molecule has 1 aliphatic heterocycles. The van der Waals surface area contributed by atoms with Gasteiger partial charge in [0.2, 0.25) is 0 Å². The zero-order chi connectivity index (χ0) is 21.0. The Morgan fingerprint density at radius 3 is 2.60 bits per heavy atom. The summed E-state index contributed by atoms with van der Waals surface area (Å²) in [7, 11) is -1.51. The van der Waals surface area contributed by atoms with E-state index in [4.69, 9.17) is 4.28 Å². The molecule has 0 radical (unpaired) electrons. The molecule has 7 heteroatoms. The van der Waals surface area contributed by atoms with Gasteiger partial charge in [-0.3, -0.25) is 9.18 Å². The summed E-state index contributed by atoms with van der Waals surface area (Å²) in [6, 6.07) is 16.5. The molecule has 3 aromatic rings. The predicted octanol–water partition coefficient (Wildman–Crippen LogP) is 4.08. The number of nitrogens with zero attached hydrogens (tertiary/aromatic N) is 2. The maximum absolute atomic E-state index is 12.1. The van der Waals surface area contributed by atoms with Crippen LogP contribution in [0.15, 0.2) is 70.1 Å². The molecule has 0 unspecified atom stereocenters. The minimum absolute atomic E-state index is 0.295. The SMILES string of the molecule is CC1=C[C@@H]2c3cccc4c3c(c(Sc3ccccc3)n4OS(C)(=O)=O)C[C@H]2N(C)C1. The van der Waals surface area contributed by atoms with Gasteiger partial charge in [0.05, 0.1) is 11.8 Å². The molecule has 2 heterocycles. The first-order valence-electron chi connectivity index (χ1n) is 9.98. The molecule has 156 valence electrons. The van der Waals surface area contributed by atoms with Crippen molar-refractivity contribution in [2.75, 3.05) is 19.8 Å². The number of hydrogen-bond acceptors (Lipinski definition) is 5. The van der Waals surface area contributed by atoms with Crippen LogP contribution in [0.25, 0.3) is 10.9 Å². The van der Waals surface area contributed by atoms with Crippen molar-refractivity contribution < 1.29 is 12.7 Å². The van der Waals surface area contributed by atoms with Crippen LogP contribution in [0.4, 0.5) is 0 Å². The van der Waals surface area contributed by atoms with Crippen molar-refractivity contribution >= 4 is 32.8 Å². The van der Waals surface area contributed by atoms with Crippen LogP contribution in [-0.2, 0) is 16.5 Å². The van der Waals surface area contributed by atoms with E-state index in [0.29, 0.717) is 12.0 Å². The number of fused-ring (bicyclic) bond motifs is 2. The molecule has 2 aliphatic rings. The van der Waals surface area contributed by atoms with Gasteiger partial charge in [-0.15, -0.1) is 0 Å². The molecule has 0 saturated heterocycles. The Morgan fingerprint density at radius 1 is 1.10 bits per heavy atom. The summed E-state index contributed by atoms with van der Waals surface area (Å²) in [5.41, 5.74) is 4.59. The molecule has 1 aliphatic carbocycles. The van der Waals surface area contributed by atoms with Crippen LogP contribution in [0.2, 0.25) is 0 Å². The minimum atomic E-state index is -3.69. The minimum Gasteiger partial charge on any atom is -0.298 e. The lowest BCUT2D eigenvalue weighted by molar-refractivity contribution is 0.222. The van der Waals surface area contributed by atoms with Crippen LogP contribution in [0.5, 0.6) is 0 Å². The Labute approximate surface area is 181 Å². The summed E-state index contributed by atoms with van der Waals surface area (Å²) in [4.78, 5) is 3.46. The smallest absolute Gasteiger partial charge is 0.298 e. The highest BCUT2D eigenvalue weighted by Gasteiger charge is 2.38. The first-order valence-corrected chi connectivity index (χ1v) is 12.6. The summed E-state index contributed by atoms with van der Waals surface area (Å²) < 4.78 is 31.3. The Morgan fingerprint density at radius 2 is 1.87 bits per heavy atom. The van der Waals surface area contributed by atoms with E-state index in [1.54, 1.807) is 11.8 Å². The third-order valence-electron chi connectivity index (χ3n) is 5.92. The Bertz CT molecular complexity index is 1260. The van der Waals surface area contributed by atoms with Gasteiger partial charge in [0.1, 0.15) is 5.03 Å². The molecule has 2 atom stereocenters. The van der Waals surface area contributed by atoms with Gasteiger partial charge in [0.25, 0.3) is 0 Å². The number of benzene rings is 2. The van der Waals surface area contributed by atoms with E-state index in [-0.39, 0.29) is 0 Å². The van der Waals surface area contributed by atoms with Crippen molar-refractivity contribution in [2.24, 2.45) is 0 Å². The topological polar surface area (TPSA) is 51.5 Å². The highest BCUT2D eigenvalue weighted by Crippen LogP contribution is 2.47. The van der Waals surface area contributed by atoms with Crippen molar-refractivity contribution in [3.05, 3.63) is 71.3 Å². The average Bonchev–Trinajstić information content (AvgIpc) is 2.96.